The standard InChI is InChI=1S/C10H10F3NO3/c1-3-17-10(15)7-8(16-2)6(9(12)13)5(11)4-14-7/h4,9H,3H2,1-2H3. The number of alkyl halides is 2. The van der Waals surface area contributed by atoms with Crippen molar-refractivity contribution < 1.29 is 27.4 Å². The van der Waals surface area contributed by atoms with Crippen LogP contribution in [0.4, 0.5) is 13.2 Å². The van der Waals surface area contributed by atoms with Gasteiger partial charge in [-0.05, 0) is 6.92 Å². The topological polar surface area (TPSA) is 48.4 Å². The van der Waals surface area contributed by atoms with Crippen LogP contribution >= 0.6 is 0 Å². The fraction of sp³-hybridized carbons (Fsp3) is 0.400. The number of nitrogens with zero attached hydrogens (tertiary/aromatic N) is 1. The lowest BCUT2D eigenvalue weighted by atomic mass is 10.2. The van der Waals surface area contributed by atoms with E-state index < -0.39 is 35.2 Å². The summed E-state index contributed by atoms with van der Waals surface area (Å²) in [4.78, 5) is 14.8. The second-order valence-corrected chi connectivity index (χ2v) is 2.92. The zero-order valence-electron chi connectivity index (χ0n) is 9.17. The van der Waals surface area contributed by atoms with Crippen molar-refractivity contribution in [3.05, 3.63) is 23.3 Å². The summed E-state index contributed by atoms with van der Waals surface area (Å²) in [5.74, 6) is -2.77. The minimum Gasteiger partial charge on any atom is -0.494 e. The first-order chi connectivity index (χ1) is 8.02. The van der Waals surface area contributed by atoms with Crippen LogP contribution in [0.3, 0.4) is 0 Å². The number of rotatable bonds is 4. The van der Waals surface area contributed by atoms with Crippen molar-refractivity contribution in [2.24, 2.45) is 0 Å². The number of ether oxygens (including phenoxy) is 2. The second-order valence-electron chi connectivity index (χ2n) is 2.92. The molecule has 0 aliphatic carbocycles. The van der Waals surface area contributed by atoms with E-state index in [1.54, 1.807) is 6.92 Å². The molecule has 0 radical (unpaired) electrons. The van der Waals surface area contributed by atoms with E-state index in [4.69, 9.17) is 0 Å². The van der Waals surface area contributed by atoms with Gasteiger partial charge in [0.25, 0.3) is 6.43 Å². The molecule has 0 aromatic carbocycles. The van der Waals surface area contributed by atoms with Crippen molar-refractivity contribution >= 4 is 5.97 Å². The molecule has 0 spiro atoms. The van der Waals surface area contributed by atoms with Crippen LogP contribution in [0.5, 0.6) is 5.75 Å². The van der Waals surface area contributed by atoms with Crippen molar-refractivity contribution in [2.75, 3.05) is 13.7 Å². The van der Waals surface area contributed by atoms with Gasteiger partial charge in [0.2, 0.25) is 0 Å². The van der Waals surface area contributed by atoms with E-state index in [9.17, 15) is 18.0 Å². The van der Waals surface area contributed by atoms with Gasteiger partial charge in [-0.2, -0.15) is 0 Å². The molecule has 0 saturated carbocycles. The number of esters is 1. The minimum atomic E-state index is -3.11. The van der Waals surface area contributed by atoms with Crippen molar-refractivity contribution in [2.45, 2.75) is 13.3 Å². The summed E-state index contributed by atoms with van der Waals surface area (Å²) < 4.78 is 47.6. The quantitative estimate of drug-likeness (QED) is 0.768. The number of hydrogen-bond acceptors (Lipinski definition) is 4. The number of pyridine rings is 1. The highest BCUT2D eigenvalue weighted by Crippen LogP contribution is 2.33. The van der Waals surface area contributed by atoms with Crippen LogP contribution in [-0.4, -0.2) is 24.7 Å². The maximum absolute atomic E-state index is 13.1. The third-order valence-corrected chi connectivity index (χ3v) is 1.92. The summed E-state index contributed by atoms with van der Waals surface area (Å²) in [6.07, 6.45) is -2.57. The van der Waals surface area contributed by atoms with Gasteiger partial charge in [-0.3, -0.25) is 0 Å². The van der Waals surface area contributed by atoms with Gasteiger partial charge in [0.05, 0.1) is 25.5 Å². The molecule has 0 aliphatic rings. The lowest BCUT2D eigenvalue weighted by Crippen LogP contribution is -2.12. The molecule has 1 aromatic rings. The molecule has 0 aliphatic heterocycles. The molecule has 0 unspecified atom stereocenters. The molecular formula is C10H10F3NO3. The average molecular weight is 249 g/mol. The van der Waals surface area contributed by atoms with Crippen molar-refractivity contribution in [1.29, 1.82) is 0 Å². The van der Waals surface area contributed by atoms with Crippen molar-refractivity contribution in [3.63, 3.8) is 0 Å². The Kier molecular flexibility index (Phi) is 4.30. The number of halogens is 3. The van der Waals surface area contributed by atoms with Crippen LogP contribution in [0, 0.1) is 5.82 Å². The zero-order chi connectivity index (χ0) is 13.0. The lowest BCUT2D eigenvalue weighted by Gasteiger charge is -2.11. The van der Waals surface area contributed by atoms with Crippen LogP contribution in [0.25, 0.3) is 0 Å². The van der Waals surface area contributed by atoms with Gasteiger partial charge in [0.15, 0.2) is 17.3 Å². The summed E-state index contributed by atoms with van der Waals surface area (Å²) in [6, 6.07) is 0. The summed E-state index contributed by atoms with van der Waals surface area (Å²) in [7, 11) is 1.05. The number of methoxy groups -OCH3 is 1. The zero-order valence-corrected chi connectivity index (χ0v) is 9.17. The number of hydrogen-bond donors (Lipinski definition) is 0. The molecule has 0 saturated heterocycles. The van der Waals surface area contributed by atoms with E-state index in [1.807, 2.05) is 0 Å². The van der Waals surface area contributed by atoms with E-state index >= 15 is 0 Å². The molecular weight excluding hydrogens is 239 g/mol. The summed E-state index contributed by atoms with van der Waals surface area (Å²) in [5, 5.41) is 0. The Morgan fingerprint density at radius 3 is 2.65 bits per heavy atom. The molecule has 0 amide bonds. The van der Waals surface area contributed by atoms with Crippen LogP contribution in [0.2, 0.25) is 0 Å². The highest BCUT2D eigenvalue weighted by Gasteiger charge is 2.27. The highest BCUT2D eigenvalue weighted by molar-refractivity contribution is 5.90. The molecule has 0 atom stereocenters. The Morgan fingerprint density at radius 1 is 1.53 bits per heavy atom. The Morgan fingerprint density at radius 2 is 2.18 bits per heavy atom. The van der Waals surface area contributed by atoms with Gasteiger partial charge >= 0.3 is 5.97 Å². The maximum atomic E-state index is 13.1. The molecule has 94 valence electrons. The summed E-state index contributed by atoms with van der Waals surface area (Å²) in [6.45, 7) is 1.59. The molecule has 1 rings (SSSR count). The highest BCUT2D eigenvalue weighted by atomic mass is 19.3. The average Bonchev–Trinajstić information content (AvgIpc) is 2.27. The normalized spacial score (nSPS) is 10.5. The molecule has 0 bridgehead atoms. The maximum Gasteiger partial charge on any atom is 0.360 e. The molecule has 0 N–H and O–H groups in total. The fourth-order valence-corrected chi connectivity index (χ4v) is 1.24. The van der Waals surface area contributed by atoms with E-state index in [0.29, 0.717) is 6.20 Å². The predicted octanol–water partition coefficient (Wildman–Crippen LogP) is 2.34. The minimum absolute atomic E-state index is 0.0467. The second kappa shape index (κ2) is 5.51. The Bertz CT molecular complexity index is 424. The lowest BCUT2D eigenvalue weighted by molar-refractivity contribution is 0.0514. The largest absolute Gasteiger partial charge is 0.494 e. The Hall–Kier alpha value is -1.79. The van der Waals surface area contributed by atoms with Gasteiger partial charge < -0.3 is 9.47 Å². The first-order valence-electron chi connectivity index (χ1n) is 4.70. The number of aromatic nitrogens is 1. The third kappa shape index (κ3) is 2.66. The molecule has 1 heterocycles. The SMILES string of the molecule is CCOC(=O)c1ncc(F)c(C(F)F)c1OC. The monoisotopic (exact) mass is 249 g/mol. The first-order valence-corrected chi connectivity index (χ1v) is 4.70. The first kappa shape index (κ1) is 13.3. The predicted molar refractivity (Wildman–Crippen MR) is 51.7 cm³/mol. The van der Waals surface area contributed by atoms with Crippen LogP contribution in [-0.2, 0) is 4.74 Å². The van der Waals surface area contributed by atoms with Gasteiger partial charge in [-0.25, -0.2) is 22.9 Å². The number of carbonyl (C=O) groups is 1. The van der Waals surface area contributed by atoms with Gasteiger partial charge in [0.1, 0.15) is 0 Å². The van der Waals surface area contributed by atoms with Crippen LogP contribution < -0.4 is 4.74 Å². The van der Waals surface area contributed by atoms with E-state index in [2.05, 4.69) is 14.5 Å². The fourth-order valence-electron chi connectivity index (χ4n) is 1.24. The Balaban J connectivity index is 3.32. The molecule has 0 fully saturated rings. The van der Waals surface area contributed by atoms with Crippen LogP contribution in [0.15, 0.2) is 6.20 Å². The van der Waals surface area contributed by atoms with E-state index in [0.717, 1.165) is 7.11 Å². The Labute approximate surface area is 95.4 Å². The van der Waals surface area contributed by atoms with Gasteiger partial charge in [-0.1, -0.05) is 0 Å². The van der Waals surface area contributed by atoms with Crippen LogP contribution in [0.1, 0.15) is 29.4 Å². The molecule has 17 heavy (non-hydrogen) atoms. The van der Waals surface area contributed by atoms with E-state index in [1.165, 1.54) is 0 Å². The molecule has 1 aromatic heterocycles. The van der Waals surface area contributed by atoms with Crippen molar-refractivity contribution in [3.8, 4) is 5.75 Å². The summed E-state index contributed by atoms with van der Waals surface area (Å²) >= 11 is 0. The van der Waals surface area contributed by atoms with Gasteiger partial charge in [0, 0.05) is 0 Å². The van der Waals surface area contributed by atoms with Crippen molar-refractivity contribution in [1.82, 2.24) is 4.98 Å². The molecule has 7 heteroatoms. The molecule has 4 nitrogen and oxygen atoms in total. The van der Waals surface area contributed by atoms with Gasteiger partial charge in [-0.15, -0.1) is 0 Å². The van der Waals surface area contributed by atoms with E-state index in [-0.39, 0.29) is 6.61 Å². The number of carbonyl (C=O) groups excluding carboxylic acids is 1. The third-order valence-electron chi connectivity index (χ3n) is 1.92. The smallest absolute Gasteiger partial charge is 0.360 e. The summed E-state index contributed by atoms with van der Waals surface area (Å²) in [5.41, 5.74) is -1.46.